The summed E-state index contributed by atoms with van der Waals surface area (Å²) < 4.78 is 23.5. The van der Waals surface area contributed by atoms with Gasteiger partial charge in [0.15, 0.2) is 0 Å². The maximum absolute atomic E-state index is 11.5. The number of rotatable bonds is 2. The van der Waals surface area contributed by atoms with E-state index < -0.39 is 15.4 Å². The second kappa shape index (κ2) is 3.75. The van der Waals surface area contributed by atoms with Crippen molar-refractivity contribution in [1.29, 1.82) is 0 Å². The van der Waals surface area contributed by atoms with Crippen LogP contribution in [-0.2, 0) is 14.8 Å². The zero-order valence-electron chi connectivity index (χ0n) is 9.57. The van der Waals surface area contributed by atoms with Gasteiger partial charge in [-0.15, -0.1) is 0 Å². The van der Waals surface area contributed by atoms with Crippen LogP contribution in [0.4, 0.5) is 0 Å². The fraction of sp³-hybridized carbons (Fsp3) is 0.889. The fourth-order valence-electron chi connectivity index (χ4n) is 1.20. The van der Waals surface area contributed by atoms with Gasteiger partial charge in [-0.2, -0.15) is 4.31 Å². The number of hydrogen-bond donors (Lipinski definition) is 1. The van der Waals surface area contributed by atoms with Gasteiger partial charge in [0.1, 0.15) is 0 Å². The summed E-state index contributed by atoms with van der Waals surface area (Å²) in [6, 6.07) is -0.0357. The van der Waals surface area contributed by atoms with Crippen LogP contribution in [0.5, 0.6) is 0 Å². The number of carbonyl (C=O) groups excluding carboxylic acids is 1. The topological polar surface area (TPSA) is 66.5 Å². The lowest BCUT2D eigenvalue weighted by Gasteiger charge is -2.38. The van der Waals surface area contributed by atoms with Crippen molar-refractivity contribution in [1.82, 2.24) is 9.62 Å². The molecule has 88 valence electrons. The first-order valence-corrected chi connectivity index (χ1v) is 6.71. The van der Waals surface area contributed by atoms with E-state index in [9.17, 15) is 13.2 Å². The molecule has 15 heavy (non-hydrogen) atoms. The number of nitrogens with one attached hydrogen (secondary N) is 1. The molecule has 0 aromatic rings. The minimum atomic E-state index is -3.09. The van der Waals surface area contributed by atoms with Gasteiger partial charge in [-0.1, -0.05) is 20.8 Å². The van der Waals surface area contributed by atoms with E-state index in [1.807, 2.05) is 20.8 Å². The Labute approximate surface area is 90.9 Å². The van der Waals surface area contributed by atoms with Gasteiger partial charge < -0.3 is 5.32 Å². The molecule has 1 aliphatic heterocycles. The number of carbonyl (C=O) groups is 1. The van der Waals surface area contributed by atoms with Crippen LogP contribution in [0.2, 0.25) is 0 Å². The molecule has 1 fully saturated rings. The van der Waals surface area contributed by atoms with Crippen molar-refractivity contribution in [3.05, 3.63) is 0 Å². The van der Waals surface area contributed by atoms with Crippen LogP contribution in [0, 0.1) is 5.41 Å². The number of hydrogen-bond acceptors (Lipinski definition) is 3. The lowest BCUT2D eigenvalue weighted by Crippen LogP contribution is -2.61. The molecule has 0 spiro atoms. The molecule has 5 nitrogen and oxygen atoms in total. The van der Waals surface area contributed by atoms with Crippen LogP contribution in [0.3, 0.4) is 0 Å². The van der Waals surface area contributed by atoms with Crippen molar-refractivity contribution in [2.24, 2.45) is 5.41 Å². The van der Waals surface area contributed by atoms with Crippen LogP contribution in [0.1, 0.15) is 20.8 Å². The van der Waals surface area contributed by atoms with Gasteiger partial charge in [0.25, 0.3) is 0 Å². The summed E-state index contributed by atoms with van der Waals surface area (Å²) in [6.45, 7) is 6.27. The Morgan fingerprint density at radius 3 is 2.13 bits per heavy atom. The Balaban J connectivity index is 2.39. The van der Waals surface area contributed by atoms with Crippen molar-refractivity contribution in [3.8, 4) is 0 Å². The molecular weight excluding hydrogens is 216 g/mol. The van der Waals surface area contributed by atoms with E-state index in [1.165, 1.54) is 10.6 Å². The first kappa shape index (κ1) is 12.4. The Morgan fingerprint density at radius 2 is 1.80 bits per heavy atom. The van der Waals surface area contributed by atoms with Crippen molar-refractivity contribution in [2.45, 2.75) is 26.8 Å². The van der Waals surface area contributed by atoms with Gasteiger partial charge in [0.05, 0.1) is 12.3 Å². The van der Waals surface area contributed by atoms with E-state index in [2.05, 4.69) is 5.32 Å². The highest BCUT2D eigenvalue weighted by atomic mass is 32.2. The minimum absolute atomic E-state index is 0.0357. The van der Waals surface area contributed by atoms with Crippen molar-refractivity contribution < 1.29 is 13.2 Å². The Kier molecular flexibility index (Phi) is 3.11. The molecule has 0 atom stereocenters. The maximum atomic E-state index is 11.5. The summed E-state index contributed by atoms with van der Waals surface area (Å²) in [5.41, 5.74) is -0.425. The molecule has 6 heteroatoms. The van der Waals surface area contributed by atoms with E-state index in [-0.39, 0.29) is 11.9 Å². The Bertz CT molecular complexity index is 350. The van der Waals surface area contributed by atoms with Gasteiger partial charge in [-0.05, 0) is 0 Å². The molecule has 0 aromatic carbocycles. The SMILES string of the molecule is CC(C)(C)C(=O)NC1CN(S(C)(=O)=O)C1. The largest absolute Gasteiger partial charge is 0.350 e. The molecule has 0 saturated carbocycles. The first-order chi connectivity index (χ1) is 6.60. The van der Waals surface area contributed by atoms with E-state index >= 15 is 0 Å². The lowest BCUT2D eigenvalue weighted by molar-refractivity contribution is -0.130. The van der Waals surface area contributed by atoms with Gasteiger partial charge in [0.2, 0.25) is 15.9 Å². The van der Waals surface area contributed by atoms with Gasteiger partial charge in [0, 0.05) is 18.5 Å². The number of sulfonamides is 1. The zero-order valence-corrected chi connectivity index (χ0v) is 10.4. The van der Waals surface area contributed by atoms with Crippen LogP contribution in [0.15, 0.2) is 0 Å². The first-order valence-electron chi connectivity index (χ1n) is 4.87. The molecule has 1 saturated heterocycles. The summed E-state index contributed by atoms with van der Waals surface area (Å²) >= 11 is 0. The maximum Gasteiger partial charge on any atom is 0.225 e. The molecule has 1 N–H and O–H groups in total. The molecule has 1 heterocycles. The summed E-state index contributed by atoms with van der Waals surface area (Å²) in [6.07, 6.45) is 1.18. The van der Waals surface area contributed by atoms with E-state index in [0.29, 0.717) is 13.1 Å². The quantitative estimate of drug-likeness (QED) is 0.719. The molecule has 0 aliphatic carbocycles. The predicted octanol–water partition coefficient (Wildman–Crippen LogP) is -0.207. The normalized spacial score (nSPS) is 19.7. The summed E-state index contributed by atoms with van der Waals surface area (Å²) in [7, 11) is -3.09. The van der Waals surface area contributed by atoms with Crippen LogP contribution < -0.4 is 5.32 Å². The molecule has 0 aromatic heterocycles. The minimum Gasteiger partial charge on any atom is -0.350 e. The molecule has 1 amide bonds. The summed E-state index contributed by atoms with van der Waals surface area (Å²) in [5, 5.41) is 2.81. The third-order valence-corrected chi connectivity index (χ3v) is 3.57. The highest BCUT2D eigenvalue weighted by Gasteiger charge is 2.35. The molecule has 0 unspecified atom stereocenters. The van der Waals surface area contributed by atoms with E-state index in [4.69, 9.17) is 0 Å². The average Bonchev–Trinajstić information content (AvgIpc) is 1.90. The van der Waals surface area contributed by atoms with Crippen LogP contribution in [0.25, 0.3) is 0 Å². The van der Waals surface area contributed by atoms with Crippen molar-refractivity contribution in [3.63, 3.8) is 0 Å². The second-order valence-corrected chi connectivity index (χ2v) is 6.98. The summed E-state index contributed by atoms with van der Waals surface area (Å²) in [5.74, 6) is -0.0411. The smallest absolute Gasteiger partial charge is 0.225 e. The van der Waals surface area contributed by atoms with E-state index in [1.54, 1.807) is 0 Å². The number of amides is 1. The molecule has 0 radical (unpaired) electrons. The third-order valence-electron chi connectivity index (χ3n) is 2.33. The zero-order chi connectivity index (χ0) is 11.9. The van der Waals surface area contributed by atoms with Gasteiger partial charge in [-0.25, -0.2) is 8.42 Å². The fourth-order valence-corrected chi connectivity index (χ4v) is 2.10. The summed E-state index contributed by atoms with van der Waals surface area (Å²) in [4.78, 5) is 11.5. The molecule has 0 bridgehead atoms. The number of nitrogens with zero attached hydrogens (tertiary/aromatic N) is 1. The van der Waals surface area contributed by atoms with Crippen LogP contribution in [-0.4, -0.2) is 44.0 Å². The Hall–Kier alpha value is -0.620. The molecule has 1 rings (SSSR count). The lowest BCUT2D eigenvalue weighted by atomic mass is 9.95. The Morgan fingerprint density at radius 1 is 1.33 bits per heavy atom. The third kappa shape index (κ3) is 3.17. The van der Waals surface area contributed by atoms with Crippen LogP contribution >= 0.6 is 0 Å². The van der Waals surface area contributed by atoms with Gasteiger partial charge in [-0.3, -0.25) is 4.79 Å². The van der Waals surface area contributed by atoms with Crippen molar-refractivity contribution >= 4 is 15.9 Å². The monoisotopic (exact) mass is 234 g/mol. The second-order valence-electron chi connectivity index (χ2n) is 5.00. The van der Waals surface area contributed by atoms with Crippen molar-refractivity contribution in [2.75, 3.05) is 19.3 Å². The molecular formula is C9H18N2O3S. The average molecular weight is 234 g/mol. The highest BCUT2D eigenvalue weighted by molar-refractivity contribution is 7.88. The van der Waals surface area contributed by atoms with E-state index in [0.717, 1.165) is 0 Å². The predicted molar refractivity (Wildman–Crippen MR) is 57.8 cm³/mol. The molecule has 1 aliphatic rings. The highest BCUT2D eigenvalue weighted by Crippen LogP contribution is 2.16. The van der Waals surface area contributed by atoms with Gasteiger partial charge >= 0.3 is 0 Å². The standard InChI is InChI=1S/C9H18N2O3S/c1-9(2,3)8(12)10-7-5-11(6-7)15(4,13)14/h7H,5-6H2,1-4H3,(H,10,12).